The first kappa shape index (κ1) is 13.4. The van der Waals surface area contributed by atoms with E-state index in [0.717, 1.165) is 4.88 Å². The molecule has 0 radical (unpaired) electrons. The Kier molecular flexibility index (Phi) is 5.42. The van der Waals surface area contributed by atoms with Gasteiger partial charge in [-0.15, -0.1) is 11.3 Å². The van der Waals surface area contributed by atoms with Gasteiger partial charge in [-0.05, 0) is 24.8 Å². The van der Waals surface area contributed by atoms with Crippen LogP contribution < -0.4 is 5.32 Å². The van der Waals surface area contributed by atoms with Crippen molar-refractivity contribution in [3.63, 3.8) is 0 Å². The molecule has 0 saturated carbocycles. The highest BCUT2D eigenvalue weighted by Gasteiger charge is 2.18. The summed E-state index contributed by atoms with van der Waals surface area (Å²) in [6, 6.07) is 2.87. The molecular formula is C12H15NO3S. The van der Waals surface area contributed by atoms with Gasteiger partial charge in [0.15, 0.2) is 0 Å². The van der Waals surface area contributed by atoms with Gasteiger partial charge in [0.1, 0.15) is 6.04 Å². The van der Waals surface area contributed by atoms with Crippen molar-refractivity contribution in [3.8, 4) is 0 Å². The fourth-order valence-electron chi connectivity index (χ4n) is 1.31. The molecule has 0 aliphatic carbocycles. The van der Waals surface area contributed by atoms with Crippen molar-refractivity contribution in [2.45, 2.75) is 25.8 Å². The molecule has 0 spiro atoms. The summed E-state index contributed by atoms with van der Waals surface area (Å²) in [5, 5.41) is 13.3. The zero-order valence-corrected chi connectivity index (χ0v) is 10.4. The number of allylic oxidation sites excluding steroid dienone is 1. The van der Waals surface area contributed by atoms with E-state index in [0.29, 0.717) is 6.42 Å². The van der Waals surface area contributed by atoms with Crippen molar-refractivity contribution < 1.29 is 14.7 Å². The highest BCUT2D eigenvalue weighted by Crippen LogP contribution is 2.09. The molecule has 0 aliphatic heterocycles. The maximum Gasteiger partial charge on any atom is 0.326 e. The number of thiophene rings is 1. The van der Waals surface area contributed by atoms with Crippen LogP contribution >= 0.6 is 11.3 Å². The highest BCUT2D eigenvalue weighted by atomic mass is 32.1. The van der Waals surface area contributed by atoms with Crippen LogP contribution in [-0.2, 0) is 16.0 Å². The Balaban J connectivity index is 2.49. The molecule has 4 nitrogen and oxygen atoms in total. The standard InChI is InChI=1S/C12H15NO3S/c1-2-3-6-10(12(15)16)13-11(14)8-9-5-4-7-17-9/h2-5,7,10H,6,8H2,1H3,(H,13,14)(H,15,16)/b3-2+. The van der Waals surface area contributed by atoms with Crippen LogP contribution in [0.3, 0.4) is 0 Å². The Morgan fingerprint density at radius 3 is 2.88 bits per heavy atom. The monoisotopic (exact) mass is 253 g/mol. The Morgan fingerprint density at radius 1 is 1.59 bits per heavy atom. The third-order valence-electron chi connectivity index (χ3n) is 2.16. The molecule has 92 valence electrons. The minimum atomic E-state index is -1.01. The zero-order chi connectivity index (χ0) is 12.7. The molecule has 5 heteroatoms. The maximum absolute atomic E-state index is 11.6. The molecule has 0 bridgehead atoms. The van der Waals surface area contributed by atoms with Crippen LogP contribution in [0.1, 0.15) is 18.2 Å². The van der Waals surface area contributed by atoms with Gasteiger partial charge < -0.3 is 10.4 Å². The summed E-state index contributed by atoms with van der Waals surface area (Å²) in [4.78, 5) is 23.4. The quantitative estimate of drug-likeness (QED) is 0.760. The summed E-state index contributed by atoms with van der Waals surface area (Å²) in [5.41, 5.74) is 0. The Labute approximate surface area is 104 Å². The topological polar surface area (TPSA) is 66.4 Å². The second kappa shape index (κ2) is 6.85. The molecule has 1 aromatic rings. The van der Waals surface area contributed by atoms with Gasteiger partial charge in [-0.25, -0.2) is 4.79 Å². The summed E-state index contributed by atoms with van der Waals surface area (Å²) in [6.45, 7) is 1.81. The molecule has 0 saturated heterocycles. The molecule has 2 N–H and O–H groups in total. The van der Waals surface area contributed by atoms with E-state index in [9.17, 15) is 9.59 Å². The van der Waals surface area contributed by atoms with E-state index in [2.05, 4.69) is 5.32 Å². The fourth-order valence-corrected chi connectivity index (χ4v) is 2.01. The molecule has 1 aromatic heterocycles. The van der Waals surface area contributed by atoms with Crippen molar-refractivity contribution in [1.82, 2.24) is 5.32 Å². The average molecular weight is 253 g/mol. The minimum absolute atomic E-state index is 0.233. The number of aliphatic carboxylic acids is 1. The van der Waals surface area contributed by atoms with Crippen LogP contribution in [0.2, 0.25) is 0 Å². The van der Waals surface area contributed by atoms with Gasteiger partial charge in [-0.2, -0.15) is 0 Å². The molecule has 17 heavy (non-hydrogen) atoms. The van der Waals surface area contributed by atoms with E-state index in [1.807, 2.05) is 24.4 Å². The third-order valence-corrected chi connectivity index (χ3v) is 3.03. The van der Waals surface area contributed by atoms with E-state index < -0.39 is 12.0 Å². The summed E-state index contributed by atoms with van der Waals surface area (Å²) in [7, 11) is 0. The Hall–Kier alpha value is -1.62. The smallest absolute Gasteiger partial charge is 0.326 e. The van der Waals surface area contributed by atoms with Gasteiger partial charge in [-0.3, -0.25) is 4.79 Å². The second-order valence-corrected chi connectivity index (χ2v) is 4.55. The van der Waals surface area contributed by atoms with Gasteiger partial charge >= 0.3 is 5.97 Å². The first-order chi connectivity index (χ1) is 8.13. The van der Waals surface area contributed by atoms with E-state index in [1.165, 1.54) is 11.3 Å². The first-order valence-electron chi connectivity index (χ1n) is 5.29. The number of rotatable bonds is 6. The molecule has 0 fully saturated rings. The third kappa shape index (κ3) is 4.82. The largest absolute Gasteiger partial charge is 0.480 e. The summed E-state index contributed by atoms with van der Waals surface area (Å²) in [5.74, 6) is -1.27. The van der Waals surface area contributed by atoms with Crippen LogP contribution in [-0.4, -0.2) is 23.0 Å². The van der Waals surface area contributed by atoms with Gasteiger partial charge in [0.25, 0.3) is 0 Å². The van der Waals surface area contributed by atoms with Crippen LogP contribution in [0, 0.1) is 0 Å². The molecule has 1 atom stereocenters. The van der Waals surface area contributed by atoms with Crippen LogP contribution in [0.4, 0.5) is 0 Å². The van der Waals surface area contributed by atoms with Crippen LogP contribution in [0.15, 0.2) is 29.7 Å². The van der Waals surface area contributed by atoms with Crippen molar-refractivity contribution in [1.29, 1.82) is 0 Å². The Morgan fingerprint density at radius 2 is 2.35 bits per heavy atom. The van der Waals surface area contributed by atoms with E-state index >= 15 is 0 Å². The second-order valence-electron chi connectivity index (χ2n) is 3.52. The molecule has 1 amide bonds. The molecule has 0 aliphatic rings. The van der Waals surface area contributed by atoms with Crippen LogP contribution in [0.5, 0.6) is 0 Å². The van der Waals surface area contributed by atoms with Gasteiger partial charge in [0.05, 0.1) is 6.42 Å². The van der Waals surface area contributed by atoms with E-state index in [4.69, 9.17) is 5.11 Å². The number of hydrogen-bond donors (Lipinski definition) is 2. The molecular weight excluding hydrogens is 238 g/mol. The predicted octanol–water partition coefficient (Wildman–Crippen LogP) is 1.83. The summed E-state index contributed by atoms with van der Waals surface area (Å²) in [6.07, 6.45) is 4.03. The lowest BCUT2D eigenvalue weighted by atomic mass is 10.2. The highest BCUT2D eigenvalue weighted by molar-refractivity contribution is 7.10. The lowest BCUT2D eigenvalue weighted by molar-refractivity contribution is -0.141. The molecule has 1 heterocycles. The first-order valence-corrected chi connectivity index (χ1v) is 6.17. The van der Waals surface area contributed by atoms with Crippen molar-refractivity contribution >= 4 is 23.2 Å². The lowest BCUT2D eigenvalue weighted by Crippen LogP contribution is -2.41. The number of carbonyl (C=O) groups excluding carboxylic acids is 1. The van der Waals surface area contributed by atoms with Crippen LogP contribution in [0.25, 0.3) is 0 Å². The van der Waals surface area contributed by atoms with Gasteiger partial charge in [0, 0.05) is 4.88 Å². The SMILES string of the molecule is C/C=C/CC(NC(=O)Cc1cccs1)C(=O)O. The number of nitrogens with one attached hydrogen (secondary N) is 1. The number of amides is 1. The molecule has 0 aromatic carbocycles. The maximum atomic E-state index is 11.6. The van der Waals surface area contributed by atoms with Crippen molar-refractivity contribution in [2.24, 2.45) is 0 Å². The Bertz CT molecular complexity index is 398. The van der Waals surface area contributed by atoms with Crippen molar-refractivity contribution in [3.05, 3.63) is 34.5 Å². The van der Waals surface area contributed by atoms with E-state index in [1.54, 1.807) is 12.2 Å². The minimum Gasteiger partial charge on any atom is -0.480 e. The summed E-state index contributed by atoms with van der Waals surface area (Å²) < 4.78 is 0. The average Bonchev–Trinajstić information content (AvgIpc) is 2.76. The van der Waals surface area contributed by atoms with E-state index in [-0.39, 0.29) is 12.3 Å². The number of hydrogen-bond acceptors (Lipinski definition) is 3. The lowest BCUT2D eigenvalue weighted by Gasteiger charge is -2.12. The number of carboxylic acid groups (broad SMARTS) is 1. The summed E-state index contributed by atoms with van der Waals surface area (Å²) >= 11 is 1.48. The fraction of sp³-hybridized carbons (Fsp3) is 0.333. The van der Waals surface area contributed by atoms with Crippen molar-refractivity contribution in [2.75, 3.05) is 0 Å². The van der Waals surface area contributed by atoms with Gasteiger partial charge in [-0.1, -0.05) is 18.2 Å². The predicted molar refractivity (Wildman–Crippen MR) is 67.0 cm³/mol. The normalized spacial score (nSPS) is 12.5. The van der Waals surface area contributed by atoms with Gasteiger partial charge in [0.2, 0.25) is 5.91 Å². The zero-order valence-electron chi connectivity index (χ0n) is 9.55. The number of carboxylic acids is 1. The molecule has 1 rings (SSSR count). The number of carbonyl (C=O) groups is 2. The molecule has 1 unspecified atom stereocenters.